The fourth-order valence-electron chi connectivity index (χ4n) is 6.80. The van der Waals surface area contributed by atoms with Crippen molar-refractivity contribution in [3.63, 3.8) is 0 Å². The highest BCUT2D eigenvalue weighted by Gasteiger charge is 2.29. The Morgan fingerprint density at radius 2 is 0.857 bits per heavy atom. The Balaban J connectivity index is 0. The maximum atomic E-state index is 12.8. The van der Waals surface area contributed by atoms with Crippen LogP contribution in [0.3, 0.4) is 0 Å². The van der Waals surface area contributed by atoms with E-state index in [0.29, 0.717) is 19.4 Å². The Hall–Kier alpha value is -1.75. The number of allylic oxidation sites excluding steroid dienone is 4. The second kappa shape index (κ2) is 41.4. The highest BCUT2D eigenvalue weighted by atomic mass is 32.3. The summed E-state index contributed by atoms with van der Waals surface area (Å²) in [6.07, 6.45) is 42.2. The van der Waals surface area contributed by atoms with Crippen molar-refractivity contribution in [2.75, 3.05) is 39.9 Å². The predicted molar refractivity (Wildman–Crippen MR) is 233 cm³/mol. The molecule has 0 aromatic rings. The van der Waals surface area contributed by atoms with Crippen molar-refractivity contribution in [2.24, 2.45) is 0 Å². The first-order valence-electron chi connectivity index (χ1n) is 23.0. The van der Waals surface area contributed by atoms with Crippen molar-refractivity contribution in [3.05, 3.63) is 24.3 Å². The number of esters is 2. The van der Waals surface area contributed by atoms with Crippen LogP contribution in [0.4, 0.5) is 0 Å². The Bertz CT molecular complexity index is 1030. The third kappa shape index (κ3) is 40.4. The van der Waals surface area contributed by atoms with Crippen molar-refractivity contribution >= 4 is 22.3 Å². The van der Waals surface area contributed by atoms with Crippen LogP contribution >= 0.6 is 0 Å². The molecule has 332 valence electrons. The van der Waals surface area contributed by atoms with Gasteiger partial charge < -0.3 is 18.5 Å². The Morgan fingerprint density at radius 3 is 1.20 bits per heavy atom. The van der Waals surface area contributed by atoms with Gasteiger partial charge in [-0.2, -0.15) is 0 Å². The van der Waals surface area contributed by atoms with Gasteiger partial charge in [-0.25, -0.2) is 8.42 Å². The fraction of sp³-hybridized carbons (Fsp3) is 0.870. The van der Waals surface area contributed by atoms with Crippen molar-refractivity contribution in [1.82, 2.24) is 0 Å². The van der Waals surface area contributed by atoms with Crippen LogP contribution in [0.5, 0.6) is 0 Å². The predicted octanol–water partition coefficient (Wildman–Crippen LogP) is 12.5. The van der Waals surface area contributed by atoms with Gasteiger partial charge in [0.1, 0.15) is 13.2 Å². The lowest BCUT2D eigenvalue weighted by molar-refractivity contribution is -0.925. The summed E-state index contributed by atoms with van der Waals surface area (Å²) in [4.78, 5) is 25.4. The van der Waals surface area contributed by atoms with Gasteiger partial charge in [0.05, 0.1) is 26.7 Å². The van der Waals surface area contributed by atoms with E-state index in [0.717, 1.165) is 63.3 Å². The van der Waals surface area contributed by atoms with Gasteiger partial charge in [-0.15, -0.1) is 0 Å². The van der Waals surface area contributed by atoms with Crippen LogP contribution in [0.1, 0.15) is 214 Å². The molecular formula is C46H89NO8S. The first-order valence-corrected chi connectivity index (χ1v) is 24.4. The largest absolute Gasteiger partial charge is 0.726 e. The lowest BCUT2D eigenvalue weighted by Gasteiger charge is -2.38. The van der Waals surface area contributed by atoms with E-state index in [1.54, 1.807) is 0 Å². The van der Waals surface area contributed by atoms with E-state index in [2.05, 4.69) is 63.1 Å². The topological polar surface area (TPSA) is 119 Å². The van der Waals surface area contributed by atoms with Crippen LogP contribution in [0.15, 0.2) is 24.3 Å². The van der Waals surface area contributed by atoms with Crippen LogP contribution in [0, 0.1) is 0 Å². The summed E-state index contributed by atoms with van der Waals surface area (Å²) >= 11 is 0. The van der Waals surface area contributed by atoms with Gasteiger partial charge in [0.25, 0.3) is 0 Å². The van der Waals surface area contributed by atoms with Crippen molar-refractivity contribution in [2.45, 2.75) is 221 Å². The summed E-state index contributed by atoms with van der Waals surface area (Å²) in [6.45, 7) is 14.9. The molecule has 0 aromatic carbocycles. The molecule has 0 saturated carbocycles. The Morgan fingerprint density at radius 1 is 0.536 bits per heavy atom. The van der Waals surface area contributed by atoms with Crippen LogP contribution in [-0.4, -0.2) is 75.4 Å². The second-order valence-corrected chi connectivity index (χ2v) is 16.7. The lowest BCUT2D eigenvalue weighted by Crippen LogP contribution is -2.53. The molecule has 0 bridgehead atoms. The van der Waals surface area contributed by atoms with E-state index in [4.69, 9.17) is 9.47 Å². The number of rotatable bonds is 39. The number of hydrogen-bond acceptors (Lipinski definition) is 8. The summed E-state index contributed by atoms with van der Waals surface area (Å²) in [7, 11) is -3.60. The fourth-order valence-corrected chi connectivity index (χ4v) is 6.80. The van der Waals surface area contributed by atoms with Crippen LogP contribution in [-0.2, 0) is 33.6 Å². The molecule has 0 rings (SSSR count). The smallest absolute Gasteiger partial charge is 0.306 e. The zero-order valence-corrected chi connectivity index (χ0v) is 38.2. The Kier molecular flexibility index (Phi) is 41.7. The molecule has 0 aromatic heterocycles. The molecule has 10 heteroatoms. The quantitative estimate of drug-likeness (QED) is 0.0150. The molecule has 0 spiro atoms. The molecule has 0 N–H and O–H groups in total. The van der Waals surface area contributed by atoms with Gasteiger partial charge >= 0.3 is 11.9 Å². The van der Waals surface area contributed by atoms with Gasteiger partial charge in [-0.1, -0.05) is 141 Å². The third-order valence-corrected chi connectivity index (χ3v) is 11.2. The average molecular weight is 816 g/mol. The van der Waals surface area contributed by atoms with E-state index in [-0.39, 0.29) is 24.6 Å². The van der Waals surface area contributed by atoms with Gasteiger partial charge in [0, 0.05) is 12.8 Å². The van der Waals surface area contributed by atoms with Crippen molar-refractivity contribution in [1.29, 1.82) is 0 Å². The molecule has 1 unspecified atom stereocenters. The summed E-state index contributed by atoms with van der Waals surface area (Å²) in [6, 6.07) is 0. The molecule has 0 radical (unpaired) electrons. The first kappa shape index (κ1) is 56.3. The first-order chi connectivity index (χ1) is 27.0. The zero-order chi connectivity index (χ0) is 42.0. The zero-order valence-electron chi connectivity index (χ0n) is 37.3. The maximum Gasteiger partial charge on any atom is 0.306 e. The number of hydrogen-bond donors (Lipinski definition) is 0. The molecule has 56 heavy (non-hydrogen) atoms. The van der Waals surface area contributed by atoms with Gasteiger partial charge in [-0.05, 0) is 85.0 Å². The lowest BCUT2D eigenvalue weighted by atomic mass is 10.1. The summed E-state index contributed by atoms with van der Waals surface area (Å²) in [5.74, 6) is -0.314. The number of carbonyl (C=O) groups excluding carboxylic acids is 2. The van der Waals surface area contributed by atoms with Gasteiger partial charge in [0.15, 0.2) is 6.10 Å². The summed E-state index contributed by atoms with van der Waals surface area (Å²) in [5, 5.41) is 0. The van der Waals surface area contributed by atoms with Crippen LogP contribution in [0.2, 0.25) is 0 Å². The third-order valence-electron chi connectivity index (χ3n) is 10.8. The highest BCUT2D eigenvalue weighted by molar-refractivity contribution is 7.80. The number of quaternary nitrogens is 1. The summed E-state index contributed by atoms with van der Waals surface area (Å²) in [5.41, 5.74) is 0. The molecule has 0 aliphatic rings. The van der Waals surface area contributed by atoms with E-state index in [1.807, 2.05) is 0 Å². The molecule has 0 fully saturated rings. The van der Waals surface area contributed by atoms with Gasteiger partial charge in [0.2, 0.25) is 10.4 Å². The minimum atomic E-state index is -4.41. The standard InChI is InChI=1S/C45H86NO4.CH4O4S/c1-6-11-13-15-17-19-21-23-25-27-29-31-33-35-37-39-44(47)49-42-43(41-46(8-3,9-4)10-5)50-45(48)40-38-36-34-32-30-28-26-24-22-20-18-16-14-12-7-2;1-5-6(2,3)4/h23-26,43H,6-22,27-42H2,1-5H3;1H3,(H,2,3,4)/q+1;/p-1/b25-23-,26-24-;. The molecule has 1 atom stereocenters. The van der Waals surface area contributed by atoms with Crippen molar-refractivity contribution in [3.8, 4) is 0 Å². The molecule has 0 aliphatic heterocycles. The molecule has 0 heterocycles. The van der Waals surface area contributed by atoms with E-state index in [1.165, 1.54) is 135 Å². The number of likely N-dealkylation sites (N-methyl/N-ethyl adjacent to an activating group) is 1. The number of carbonyl (C=O) groups is 2. The second-order valence-electron chi connectivity index (χ2n) is 15.5. The van der Waals surface area contributed by atoms with Crippen LogP contribution < -0.4 is 0 Å². The Labute approximate surface area is 346 Å². The van der Waals surface area contributed by atoms with Crippen LogP contribution in [0.25, 0.3) is 0 Å². The monoisotopic (exact) mass is 816 g/mol. The average Bonchev–Trinajstić information content (AvgIpc) is 3.18. The minimum Gasteiger partial charge on any atom is -0.726 e. The normalized spacial score (nSPS) is 12.6. The number of ether oxygens (including phenoxy) is 2. The molecule has 9 nitrogen and oxygen atoms in total. The maximum absolute atomic E-state index is 12.8. The highest BCUT2D eigenvalue weighted by Crippen LogP contribution is 2.15. The van der Waals surface area contributed by atoms with Crippen molar-refractivity contribution < 1.29 is 40.7 Å². The molecule has 0 saturated heterocycles. The number of unbranched alkanes of at least 4 members (excludes halogenated alkanes) is 22. The minimum absolute atomic E-state index is 0.151. The molecule has 0 aliphatic carbocycles. The van der Waals surface area contributed by atoms with E-state index >= 15 is 0 Å². The van der Waals surface area contributed by atoms with E-state index in [9.17, 15) is 22.6 Å². The number of nitrogens with zero attached hydrogens (tertiary/aromatic N) is 1. The van der Waals surface area contributed by atoms with Gasteiger partial charge in [-0.3, -0.25) is 13.8 Å². The van der Waals surface area contributed by atoms with E-state index < -0.39 is 10.4 Å². The SMILES string of the molecule is CCCCCCCC/C=C\CCCCCCCC(=O)OCC(C[N+](CC)(CC)CC)OC(=O)CCCCCCC/C=C\CCCCCCCC.COS(=O)(=O)[O-]. The summed E-state index contributed by atoms with van der Waals surface area (Å²) < 4.78 is 43.5. The molecular weight excluding hydrogens is 727 g/mol. The molecule has 0 amide bonds.